The molecule has 1 aromatic rings. The zero-order chi connectivity index (χ0) is 15.0. The lowest BCUT2D eigenvalue weighted by Gasteiger charge is -2.43. The summed E-state index contributed by atoms with van der Waals surface area (Å²) < 4.78 is 0. The molecule has 0 unspecified atom stereocenters. The summed E-state index contributed by atoms with van der Waals surface area (Å²) in [7, 11) is 5.97. The van der Waals surface area contributed by atoms with Gasteiger partial charge in [-0.2, -0.15) is 0 Å². The van der Waals surface area contributed by atoms with Crippen LogP contribution in [-0.4, -0.2) is 66.1 Å². The normalized spacial score (nSPS) is 21.2. The summed E-state index contributed by atoms with van der Waals surface area (Å²) in [6.07, 6.45) is 0.523. The Morgan fingerprint density at radius 2 is 2.14 bits per heavy atom. The van der Waals surface area contributed by atoms with Gasteiger partial charge < -0.3 is 4.90 Å². The molecule has 0 spiro atoms. The highest BCUT2D eigenvalue weighted by Gasteiger charge is 2.37. The first-order valence-electron chi connectivity index (χ1n) is 7.09. The minimum atomic E-state index is 0.132. The van der Waals surface area contributed by atoms with Gasteiger partial charge >= 0.3 is 0 Å². The summed E-state index contributed by atoms with van der Waals surface area (Å²) in [5, 5.41) is 3.88. The van der Waals surface area contributed by atoms with E-state index < -0.39 is 0 Å². The summed E-state index contributed by atoms with van der Waals surface area (Å²) >= 11 is 1.74. The number of hydrogen-bond acceptors (Lipinski definition) is 5. The van der Waals surface area contributed by atoms with E-state index in [2.05, 4.69) is 11.0 Å². The summed E-state index contributed by atoms with van der Waals surface area (Å²) in [5.41, 5.74) is 1.00. The van der Waals surface area contributed by atoms with Gasteiger partial charge in [-0.15, -0.1) is 11.8 Å². The SMILES string of the molecule is CN(C)CCN1C(=O)C[C@@H]2Sc3ccccc3N=C2N1C. The lowest BCUT2D eigenvalue weighted by atomic mass is 10.2. The molecule has 1 amide bonds. The second kappa shape index (κ2) is 5.69. The number of benzene rings is 1. The average Bonchev–Trinajstić information content (AvgIpc) is 2.45. The molecular weight excluding hydrogens is 284 g/mol. The Hall–Kier alpha value is -1.53. The molecule has 1 atom stereocenters. The third kappa shape index (κ3) is 2.78. The molecule has 2 aliphatic rings. The van der Waals surface area contributed by atoms with Crippen molar-refractivity contribution in [1.29, 1.82) is 0 Å². The number of nitrogens with zero attached hydrogens (tertiary/aromatic N) is 4. The molecule has 6 heteroatoms. The van der Waals surface area contributed by atoms with Crippen LogP contribution in [0.25, 0.3) is 0 Å². The van der Waals surface area contributed by atoms with Gasteiger partial charge in [0.2, 0.25) is 5.91 Å². The van der Waals surface area contributed by atoms with Crippen LogP contribution in [0.4, 0.5) is 5.69 Å². The van der Waals surface area contributed by atoms with E-state index in [1.54, 1.807) is 11.8 Å². The first-order valence-corrected chi connectivity index (χ1v) is 7.97. The van der Waals surface area contributed by atoms with Crippen LogP contribution in [0.1, 0.15) is 6.42 Å². The molecule has 0 N–H and O–H groups in total. The monoisotopic (exact) mass is 304 g/mol. The van der Waals surface area contributed by atoms with Gasteiger partial charge in [0.1, 0.15) is 5.84 Å². The zero-order valence-corrected chi connectivity index (χ0v) is 13.4. The molecule has 1 saturated heterocycles. The third-order valence-electron chi connectivity index (χ3n) is 3.76. The largest absolute Gasteiger partial charge is 0.308 e. The van der Waals surface area contributed by atoms with Crippen molar-refractivity contribution in [3.63, 3.8) is 0 Å². The number of likely N-dealkylation sites (N-methyl/N-ethyl adjacent to an activating group) is 1. The van der Waals surface area contributed by atoms with Crippen LogP contribution in [0.5, 0.6) is 0 Å². The molecule has 0 aliphatic carbocycles. The van der Waals surface area contributed by atoms with Gasteiger partial charge in [0.05, 0.1) is 17.5 Å². The molecule has 0 bridgehead atoms. The van der Waals surface area contributed by atoms with Gasteiger partial charge in [-0.3, -0.25) is 14.8 Å². The van der Waals surface area contributed by atoms with Crippen molar-refractivity contribution in [3.8, 4) is 0 Å². The number of amides is 1. The van der Waals surface area contributed by atoms with Gasteiger partial charge in [0, 0.05) is 24.9 Å². The fourth-order valence-electron chi connectivity index (χ4n) is 2.59. The van der Waals surface area contributed by atoms with Crippen LogP contribution in [0.3, 0.4) is 0 Å². The number of carbonyl (C=O) groups is 1. The van der Waals surface area contributed by atoms with E-state index in [-0.39, 0.29) is 11.2 Å². The quantitative estimate of drug-likeness (QED) is 0.854. The van der Waals surface area contributed by atoms with E-state index in [1.807, 2.05) is 49.4 Å². The number of thioether (sulfide) groups is 1. The standard InChI is InChI=1S/C15H20N4OS/c1-17(2)8-9-19-14(20)10-13-15(18(19)3)16-11-6-4-5-7-12(11)21-13/h4-7,13H,8-10H2,1-3H3/t13-/m0/s1. The Kier molecular flexibility index (Phi) is 3.91. The number of amidine groups is 1. The topological polar surface area (TPSA) is 39.1 Å². The predicted octanol–water partition coefficient (Wildman–Crippen LogP) is 1.83. The molecule has 2 aliphatic heterocycles. The minimum Gasteiger partial charge on any atom is -0.308 e. The van der Waals surface area contributed by atoms with Crippen LogP contribution >= 0.6 is 11.8 Å². The number of hydrazine groups is 1. The van der Waals surface area contributed by atoms with E-state index in [4.69, 9.17) is 4.99 Å². The first kappa shape index (κ1) is 14.4. The summed E-state index contributed by atoms with van der Waals surface area (Å²) in [4.78, 5) is 20.4. The number of rotatable bonds is 3. The van der Waals surface area contributed by atoms with E-state index >= 15 is 0 Å². The van der Waals surface area contributed by atoms with Gasteiger partial charge in [0.25, 0.3) is 0 Å². The summed E-state index contributed by atoms with van der Waals surface area (Å²) in [6.45, 7) is 1.54. The number of carbonyl (C=O) groups excluding carboxylic acids is 1. The molecule has 0 saturated carbocycles. The molecular formula is C15H20N4OS. The molecule has 3 rings (SSSR count). The number of para-hydroxylation sites is 1. The molecule has 1 fully saturated rings. The fraction of sp³-hybridized carbons (Fsp3) is 0.467. The minimum absolute atomic E-state index is 0.132. The van der Waals surface area contributed by atoms with Crippen LogP contribution in [0.2, 0.25) is 0 Å². The Balaban J connectivity index is 1.86. The smallest absolute Gasteiger partial charge is 0.242 e. The Morgan fingerprint density at radius 3 is 2.90 bits per heavy atom. The van der Waals surface area contributed by atoms with E-state index in [0.29, 0.717) is 13.0 Å². The van der Waals surface area contributed by atoms with Gasteiger partial charge in [-0.1, -0.05) is 12.1 Å². The van der Waals surface area contributed by atoms with Crippen molar-refractivity contribution >= 4 is 29.2 Å². The van der Waals surface area contributed by atoms with E-state index in [0.717, 1.165) is 23.0 Å². The fourth-order valence-corrected chi connectivity index (χ4v) is 3.82. The maximum atomic E-state index is 12.4. The maximum absolute atomic E-state index is 12.4. The number of aliphatic imine (C=N–C) groups is 1. The molecule has 0 aromatic heterocycles. The van der Waals surface area contributed by atoms with Crippen LogP contribution in [0.15, 0.2) is 34.2 Å². The van der Waals surface area contributed by atoms with E-state index in [9.17, 15) is 4.79 Å². The maximum Gasteiger partial charge on any atom is 0.242 e. The third-order valence-corrected chi connectivity index (χ3v) is 5.02. The summed E-state index contributed by atoms with van der Waals surface area (Å²) in [5.74, 6) is 1.16. The Labute approximate surface area is 129 Å². The number of fused-ring (bicyclic) bond motifs is 2. The van der Waals surface area contributed by atoms with Gasteiger partial charge in [-0.05, 0) is 26.2 Å². The highest BCUT2D eigenvalue weighted by Crippen LogP contribution is 2.41. The van der Waals surface area contributed by atoms with Crippen molar-refractivity contribution in [2.45, 2.75) is 16.6 Å². The van der Waals surface area contributed by atoms with Crippen molar-refractivity contribution in [1.82, 2.24) is 14.9 Å². The van der Waals surface area contributed by atoms with Crippen LogP contribution in [0, 0.1) is 0 Å². The van der Waals surface area contributed by atoms with Crippen LogP contribution in [-0.2, 0) is 4.79 Å². The van der Waals surface area contributed by atoms with Crippen LogP contribution < -0.4 is 0 Å². The lowest BCUT2D eigenvalue weighted by Crippen LogP contribution is -2.57. The second-order valence-corrected chi connectivity index (χ2v) is 6.84. The van der Waals surface area contributed by atoms with Crippen molar-refractivity contribution in [2.24, 2.45) is 4.99 Å². The highest BCUT2D eigenvalue weighted by atomic mass is 32.2. The molecule has 112 valence electrons. The van der Waals surface area contributed by atoms with Gasteiger partial charge in [0.15, 0.2) is 0 Å². The van der Waals surface area contributed by atoms with Crippen molar-refractivity contribution in [3.05, 3.63) is 24.3 Å². The molecule has 1 aromatic carbocycles. The lowest BCUT2D eigenvalue weighted by molar-refractivity contribution is -0.143. The van der Waals surface area contributed by atoms with Crippen molar-refractivity contribution < 1.29 is 4.79 Å². The predicted molar refractivity (Wildman–Crippen MR) is 85.8 cm³/mol. The Bertz CT molecular complexity index is 587. The molecule has 2 heterocycles. The molecule has 0 radical (unpaired) electrons. The zero-order valence-electron chi connectivity index (χ0n) is 12.6. The average molecular weight is 304 g/mol. The summed E-state index contributed by atoms with van der Waals surface area (Å²) in [6, 6.07) is 8.12. The van der Waals surface area contributed by atoms with Gasteiger partial charge in [-0.25, -0.2) is 4.99 Å². The molecule has 21 heavy (non-hydrogen) atoms. The highest BCUT2D eigenvalue weighted by molar-refractivity contribution is 8.01. The second-order valence-electron chi connectivity index (χ2n) is 5.59. The van der Waals surface area contributed by atoms with E-state index in [1.165, 1.54) is 0 Å². The molecule has 5 nitrogen and oxygen atoms in total. The first-order chi connectivity index (χ1) is 10.1. The number of hydrogen-bond donors (Lipinski definition) is 0. The van der Waals surface area contributed by atoms with Crippen molar-refractivity contribution in [2.75, 3.05) is 34.2 Å². The Morgan fingerprint density at radius 1 is 1.38 bits per heavy atom.